The zero-order valence-corrected chi connectivity index (χ0v) is 5.97. The monoisotopic (exact) mass is 158 g/mol. The van der Waals surface area contributed by atoms with Crippen molar-refractivity contribution in [2.75, 3.05) is 11.6 Å². The van der Waals surface area contributed by atoms with Crippen LogP contribution in [-0.4, -0.2) is 33.8 Å². The van der Waals surface area contributed by atoms with Gasteiger partial charge in [-0.15, -0.1) is 11.8 Å². The highest BCUT2D eigenvalue weighted by Crippen LogP contribution is 2.19. The largest absolute Gasteiger partial charge is 0.465 e. The van der Waals surface area contributed by atoms with Crippen molar-refractivity contribution >= 4 is 17.9 Å². The van der Waals surface area contributed by atoms with Crippen LogP contribution in [0.3, 0.4) is 0 Å². The Labute approximate surface area is 62.4 Å². The molecule has 0 bridgehead atoms. The first-order valence-corrected chi connectivity index (χ1v) is 3.88. The average Bonchev–Trinajstić information content (AvgIpc) is 2.33. The summed E-state index contributed by atoms with van der Waals surface area (Å²) >= 11 is 1.47. The summed E-state index contributed by atoms with van der Waals surface area (Å²) in [6, 6.07) is 1.48. The number of nitrogens with zero attached hydrogens (tertiary/aromatic N) is 2. The summed E-state index contributed by atoms with van der Waals surface area (Å²) in [7, 11) is 0. The van der Waals surface area contributed by atoms with Gasteiger partial charge in [-0.3, -0.25) is 4.90 Å². The highest BCUT2D eigenvalue weighted by atomic mass is 32.2. The van der Waals surface area contributed by atoms with Gasteiger partial charge in [-0.25, -0.2) is 4.79 Å². The number of carbonyl (C=O) groups is 1. The quantitative estimate of drug-likeness (QED) is 0.559. The molecule has 0 aliphatic carbocycles. The average molecular weight is 158 g/mol. The van der Waals surface area contributed by atoms with Gasteiger partial charge in [-0.05, 0) is 0 Å². The normalized spacial score (nSPS) is 24.3. The first-order chi connectivity index (χ1) is 4.75. The van der Waals surface area contributed by atoms with Crippen LogP contribution in [0, 0.1) is 11.3 Å². The SMILES string of the molecule is N#C[C@@H]1CSCN1C(=O)O. The van der Waals surface area contributed by atoms with E-state index in [0.29, 0.717) is 11.6 Å². The van der Waals surface area contributed by atoms with Gasteiger partial charge in [0.15, 0.2) is 0 Å². The van der Waals surface area contributed by atoms with E-state index in [2.05, 4.69) is 0 Å². The summed E-state index contributed by atoms with van der Waals surface area (Å²) in [5.74, 6) is 1.02. The molecule has 0 aromatic carbocycles. The molecule has 1 saturated heterocycles. The molecule has 4 nitrogen and oxygen atoms in total. The Kier molecular flexibility index (Phi) is 2.02. The maximum atomic E-state index is 10.3. The molecule has 1 fully saturated rings. The van der Waals surface area contributed by atoms with Crippen LogP contribution < -0.4 is 0 Å². The minimum Gasteiger partial charge on any atom is -0.465 e. The Hall–Kier alpha value is -0.890. The third-order valence-electron chi connectivity index (χ3n) is 1.28. The third-order valence-corrected chi connectivity index (χ3v) is 2.29. The van der Waals surface area contributed by atoms with Gasteiger partial charge < -0.3 is 5.11 Å². The Morgan fingerprint density at radius 1 is 1.90 bits per heavy atom. The van der Waals surface area contributed by atoms with E-state index in [-0.39, 0.29) is 0 Å². The number of rotatable bonds is 0. The van der Waals surface area contributed by atoms with Crippen LogP contribution in [0.1, 0.15) is 0 Å². The van der Waals surface area contributed by atoms with Crippen molar-refractivity contribution in [3.05, 3.63) is 0 Å². The van der Waals surface area contributed by atoms with Gasteiger partial charge in [0.1, 0.15) is 6.04 Å². The molecular weight excluding hydrogens is 152 g/mol. The summed E-state index contributed by atoms with van der Waals surface area (Å²) in [5.41, 5.74) is 0. The first-order valence-electron chi connectivity index (χ1n) is 2.72. The fraction of sp³-hybridized carbons (Fsp3) is 0.600. The number of hydrogen-bond acceptors (Lipinski definition) is 3. The van der Waals surface area contributed by atoms with Crippen LogP contribution in [0.5, 0.6) is 0 Å². The lowest BCUT2D eigenvalue weighted by molar-refractivity contribution is 0.151. The predicted octanol–water partition coefficient (Wildman–Crippen LogP) is 0.563. The number of hydrogen-bond donors (Lipinski definition) is 1. The first kappa shape index (κ1) is 7.22. The van der Waals surface area contributed by atoms with E-state index in [4.69, 9.17) is 10.4 Å². The van der Waals surface area contributed by atoms with Gasteiger partial charge in [0.05, 0.1) is 11.9 Å². The van der Waals surface area contributed by atoms with Gasteiger partial charge in [-0.2, -0.15) is 5.26 Å². The Morgan fingerprint density at radius 3 is 3.00 bits per heavy atom. The van der Waals surface area contributed by atoms with E-state index < -0.39 is 12.1 Å². The van der Waals surface area contributed by atoms with Crippen molar-refractivity contribution in [3.63, 3.8) is 0 Å². The lowest BCUT2D eigenvalue weighted by atomic mass is 10.3. The lowest BCUT2D eigenvalue weighted by Gasteiger charge is -2.12. The number of amides is 1. The van der Waals surface area contributed by atoms with Crippen LogP contribution in [-0.2, 0) is 0 Å². The smallest absolute Gasteiger partial charge is 0.409 e. The standard InChI is InChI=1S/C5H6N2O2S/c6-1-4-2-10-3-7(4)5(8)9/h4H,2-3H2,(H,8,9)/t4-/m1/s1. The van der Waals surface area contributed by atoms with Crippen molar-refractivity contribution in [1.82, 2.24) is 4.90 Å². The van der Waals surface area contributed by atoms with Crippen LogP contribution in [0.2, 0.25) is 0 Å². The van der Waals surface area contributed by atoms with E-state index >= 15 is 0 Å². The highest BCUT2D eigenvalue weighted by molar-refractivity contribution is 7.99. The fourth-order valence-electron chi connectivity index (χ4n) is 0.738. The molecule has 1 heterocycles. The Bertz CT molecular complexity index is 189. The van der Waals surface area contributed by atoms with Gasteiger partial charge >= 0.3 is 6.09 Å². The highest BCUT2D eigenvalue weighted by Gasteiger charge is 2.28. The number of carboxylic acid groups (broad SMARTS) is 1. The second kappa shape index (κ2) is 2.80. The molecule has 0 radical (unpaired) electrons. The van der Waals surface area contributed by atoms with Crippen molar-refractivity contribution in [1.29, 1.82) is 5.26 Å². The summed E-state index contributed by atoms with van der Waals surface area (Å²) in [4.78, 5) is 11.5. The van der Waals surface area contributed by atoms with Gasteiger partial charge in [0.2, 0.25) is 0 Å². The molecule has 1 N–H and O–H groups in total. The van der Waals surface area contributed by atoms with Crippen LogP contribution >= 0.6 is 11.8 Å². The van der Waals surface area contributed by atoms with Crippen molar-refractivity contribution < 1.29 is 9.90 Å². The topological polar surface area (TPSA) is 64.3 Å². The van der Waals surface area contributed by atoms with Crippen LogP contribution in [0.15, 0.2) is 0 Å². The molecule has 5 heteroatoms. The van der Waals surface area contributed by atoms with Crippen molar-refractivity contribution in [3.8, 4) is 6.07 Å². The molecule has 0 aromatic rings. The maximum Gasteiger partial charge on any atom is 0.409 e. The number of thioether (sulfide) groups is 1. The van der Waals surface area contributed by atoms with E-state index in [1.807, 2.05) is 6.07 Å². The molecule has 0 aromatic heterocycles. The second-order valence-electron chi connectivity index (χ2n) is 1.90. The summed E-state index contributed by atoms with van der Waals surface area (Å²) in [5, 5.41) is 16.9. The molecule has 1 aliphatic rings. The molecular formula is C5H6N2O2S. The molecule has 1 rings (SSSR count). The van der Waals surface area contributed by atoms with Gasteiger partial charge in [0.25, 0.3) is 0 Å². The molecule has 1 aliphatic heterocycles. The van der Waals surface area contributed by atoms with Gasteiger partial charge in [0, 0.05) is 5.75 Å². The fourth-order valence-corrected chi connectivity index (χ4v) is 1.81. The maximum absolute atomic E-state index is 10.3. The minimum absolute atomic E-state index is 0.424. The number of nitriles is 1. The molecule has 0 unspecified atom stereocenters. The second-order valence-corrected chi connectivity index (χ2v) is 2.90. The Balaban J connectivity index is 2.61. The minimum atomic E-state index is -1.00. The van der Waals surface area contributed by atoms with E-state index in [0.717, 1.165) is 4.90 Å². The molecule has 1 amide bonds. The zero-order valence-electron chi connectivity index (χ0n) is 5.15. The summed E-state index contributed by atoms with van der Waals surface area (Å²) < 4.78 is 0. The van der Waals surface area contributed by atoms with Crippen LogP contribution in [0.4, 0.5) is 4.79 Å². The van der Waals surface area contributed by atoms with E-state index in [1.54, 1.807) is 0 Å². The molecule has 0 spiro atoms. The summed E-state index contributed by atoms with van der Waals surface area (Å²) in [6.07, 6.45) is -1.00. The van der Waals surface area contributed by atoms with Crippen LogP contribution in [0.25, 0.3) is 0 Å². The zero-order chi connectivity index (χ0) is 7.56. The van der Waals surface area contributed by atoms with Crippen molar-refractivity contribution in [2.45, 2.75) is 6.04 Å². The molecule has 1 atom stereocenters. The Morgan fingerprint density at radius 2 is 2.60 bits per heavy atom. The lowest BCUT2D eigenvalue weighted by Crippen LogP contribution is -2.34. The van der Waals surface area contributed by atoms with Gasteiger partial charge in [-0.1, -0.05) is 0 Å². The predicted molar refractivity (Wildman–Crippen MR) is 36.6 cm³/mol. The molecule has 10 heavy (non-hydrogen) atoms. The van der Waals surface area contributed by atoms with Crippen molar-refractivity contribution in [2.24, 2.45) is 0 Å². The van der Waals surface area contributed by atoms with E-state index in [1.165, 1.54) is 11.8 Å². The summed E-state index contributed by atoms with van der Waals surface area (Å²) in [6.45, 7) is 0. The molecule has 0 saturated carbocycles. The third kappa shape index (κ3) is 1.16. The molecule has 54 valence electrons. The van der Waals surface area contributed by atoms with E-state index in [9.17, 15) is 4.79 Å².